The van der Waals surface area contributed by atoms with Crippen LogP contribution in [0.2, 0.25) is 0 Å². The number of hydrogen-bond acceptors (Lipinski definition) is 4. The average Bonchev–Trinajstić information content (AvgIpc) is 2.41. The number of Topliss-reactive ketones (excluding diaryl/α,β-unsaturated/α-hetero) is 1. The Morgan fingerprint density at radius 2 is 2.16 bits per heavy atom. The minimum atomic E-state index is -0.539. The fourth-order valence-corrected chi connectivity index (χ4v) is 2.09. The summed E-state index contributed by atoms with van der Waals surface area (Å²) in [6.07, 6.45) is 2.23. The minimum Gasteiger partial charge on any atom is -0.335 e. The number of rotatable bonds is 4. The first kappa shape index (κ1) is 13.2. The first-order chi connectivity index (χ1) is 9.08. The van der Waals surface area contributed by atoms with E-state index in [1.807, 2.05) is 0 Å². The summed E-state index contributed by atoms with van der Waals surface area (Å²) in [6, 6.07) is 5.59. The molecule has 1 saturated heterocycles. The van der Waals surface area contributed by atoms with E-state index in [4.69, 9.17) is 0 Å². The summed E-state index contributed by atoms with van der Waals surface area (Å²) in [6.45, 7) is 0.583. The Labute approximate surface area is 110 Å². The molecule has 0 saturated carbocycles. The fourth-order valence-electron chi connectivity index (χ4n) is 2.09. The van der Waals surface area contributed by atoms with Crippen LogP contribution in [-0.2, 0) is 4.79 Å². The van der Waals surface area contributed by atoms with Crippen LogP contribution in [0.1, 0.15) is 29.6 Å². The second-order valence-corrected chi connectivity index (χ2v) is 4.50. The summed E-state index contributed by atoms with van der Waals surface area (Å²) in [5.74, 6) is -0.288. The van der Waals surface area contributed by atoms with E-state index in [1.54, 1.807) is 0 Å². The molecular formula is C13H14N2O4. The van der Waals surface area contributed by atoms with E-state index in [-0.39, 0.29) is 29.5 Å². The predicted octanol–water partition coefficient (Wildman–Crippen LogP) is 1.79. The Bertz CT molecular complexity index is 527. The first-order valence-electron chi connectivity index (χ1n) is 6.13. The number of benzene rings is 1. The van der Waals surface area contributed by atoms with Gasteiger partial charge in [-0.3, -0.25) is 19.7 Å². The summed E-state index contributed by atoms with van der Waals surface area (Å²) >= 11 is 0. The van der Waals surface area contributed by atoms with E-state index in [1.165, 1.54) is 29.2 Å². The van der Waals surface area contributed by atoms with Crippen LogP contribution >= 0.6 is 0 Å². The molecule has 100 valence electrons. The van der Waals surface area contributed by atoms with Crippen LogP contribution in [0.5, 0.6) is 0 Å². The zero-order valence-corrected chi connectivity index (χ0v) is 10.4. The third-order valence-electron chi connectivity index (χ3n) is 3.13. The first-order valence-corrected chi connectivity index (χ1v) is 6.13. The molecule has 2 rings (SSSR count). The number of nitro groups is 1. The number of hydrogen-bond donors (Lipinski definition) is 0. The SMILES string of the molecule is O=C(CN1CCCCC1=O)c1cccc([N+](=O)[O-])c1. The Kier molecular flexibility index (Phi) is 3.89. The van der Waals surface area contributed by atoms with Gasteiger partial charge in [0.15, 0.2) is 5.78 Å². The van der Waals surface area contributed by atoms with Crippen LogP contribution in [0.4, 0.5) is 5.69 Å². The second kappa shape index (κ2) is 5.60. The standard InChI is InChI=1S/C13H14N2O4/c16-12(9-14-7-2-1-6-13(14)17)10-4-3-5-11(8-10)15(18)19/h3-5,8H,1-2,6-7,9H2. The van der Waals surface area contributed by atoms with Crippen molar-refractivity contribution in [2.75, 3.05) is 13.1 Å². The summed E-state index contributed by atoms with van der Waals surface area (Å²) < 4.78 is 0. The monoisotopic (exact) mass is 262 g/mol. The smallest absolute Gasteiger partial charge is 0.270 e. The molecule has 0 aromatic heterocycles. The molecule has 0 spiro atoms. The van der Waals surface area contributed by atoms with Gasteiger partial charge in [0.05, 0.1) is 11.5 Å². The molecule has 6 nitrogen and oxygen atoms in total. The molecule has 1 fully saturated rings. The van der Waals surface area contributed by atoms with Gasteiger partial charge in [0.1, 0.15) is 0 Å². The lowest BCUT2D eigenvalue weighted by atomic mass is 10.1. The van der Waals surface area contributed by atoms with Crippen molar-refractivity contribution in [3.63, 3.8) is 0 Å². The third-order valence-corrected chi connectivity index (χ3v) is 3.13. The molecule has 0 aliphatic carbocycles. The molecule has 1 amide bonds. The Hall–Kier alpha value is -2.24. The minimum absolute atomic E-state index is 0.000000945. The maximum absolute atomic E-state index is 12.0. The molecular weight excluding hydrogens is 248 g/mol. The number of ketones is 1. The number of carbonyl (C=O) groups excluding carboxylic acids is 2. The second-order valence-electron chi connectivity index (χ2n) is 4.50. The van der Waals surface area contributed by atoms with Crippen LogP contribution in [0, 0.1) is 10.1 Å². The number of piperidine rings is 1. The summed E-state index contributed by atoms with van der Waals surface area (Å²) in [5, 5.41) is 10.6. The number of likely N-dealkylation sites (tertiary alicyclic amines) is 1. The number of amides is 1. The molecule has 6 heteroatoms. The highest BCUT2D eigenvalue weighted by Crippen LogP contribution is 2.15. The maximum atomic E-state index is 12.0. The van der Waals surface area contributed by atoms with Crippen molar-refractivity contribution in [1.82, 2.24) is 4.90 Å². The Morgan fingerprint density at radius 1 is 1.37 bits per heavy atom. The fraction of sp³-hybridized carbons (Fsp3) is 0.385. The van der Waals surface area contributed by atoms with Gasteiger partial charge < -0.3 is 4.90 Å². The lowest BCUT2D eigenvalue weighted by Crippen LogP contribution is -2.39. The predicted molar refractivity (Wildman–Crippen MR) is 67.9 cm³/mol. The van der Waals surface area contributed by atoms with Gasteiger partial charge in [-0.1, -0.05) is 12.1 Å². The molecule has 1 heterocycles. The van der Waals surface area contributed by atoms with Crippen molar-refractivity contribution in [1.29, 1.82) is 0 Å². The van der Waals surface area contributed by atoms with E-state index in [0.29, 0.717) is 13.0 Å². The molecule has 1 aliphatic heterocycles. The van der Waals surface area contributed by atoms with Crippen molar-refractivity contribution in [2.24, 2.45) is 0 Å². The Balaban J connectivity index is 2.09. The number of nitro benzene ring substituents is 1. The van der Waals surface area contributed by atoms with E-state index < -0.39 is 4.92 Å². The van der Waals surface area contributed by atoms with Crippen LogP contribution in [-0.4, -0.2) is 34.6 Å². The van der Waals surface area contributed by atoms with Gasteiger partial charge in [0.25, 0.3) is 5.69 Å². The van der Waals surface area contributed by atoms with Gasteiger partial charge in [-0.25, -0.2) is 0 Å². The van der Waals surface area contributed by atoms with Crippen molar-refractivity contribution in [3.05, 3.63) is 39.9 Å². The molecule has 19 heavy (non-hydrogen) atoms. The highest BCUT2D eigenvalue weighted by atomic mass is 16.6. The summed E-state index contributed by atoms with van der Waals surface area (Å²) in [4.78, 5) is 35.2. The van der Waals surface area contributed by atoms with Crippen LogP contribution in [0.15, 0.2) is 24.3 Å². The molecule has 0 unspecified atom stereocenters. The van der Waals surface area contributed by atoms with E-state index >= 15 is 0 Å². The molecule has 1 aromatic carbocycles. The third kappa shape index (κ3) is 3.15. The lowest BCUT2D eigenvalue weighted by Gasteiger charge is -2.25. The van der Waals surface area contributed by atoms with Crippen molar-refractivity contribution in [3.8, 4) is 0 Å². The van der Waals surface area contributed by atoms with Crippen LogP contribution in [0.3, 0.4) is 0 Å². The Morgan fingerprint density at radius 3 is 2.84 bits per heavy atom. The molecule has 0 radical (unpaired) electrons. The molecule has 0 bridgehead atoms. The number of nitrogens with zero attached hydrogens (tertiary/aromatic N) is 2. The zero-order valence-electron chi connectivity index (χ0n) is 10.4. The van der Waals surface area contributed by atoms with Gasteiger partial charge in [-0.2, -0.15) is 0 Å². The number of carbonyl (C=O) groups is 2. The summed E-state index contributed by atoms with van der Waals surface area (Å²) in [7, 11) is 0. The van der Waals surface area contributed by atoms with E-state index in [0.717, 1.165) is 12.8 Å². The van der Waals surface area contributed by atoms with Gasteiger partial charge in [0.2, 0.25) is 5.91 Å². The quantitative estimate of drug-likeness (QED) is 0.470. The van der Waals surface area contributed by atoms with Gasteiger partial charge in [0, 0.05) is 30.7 Å². The molecule has 0 atom stereocenters. The topological polar surface area (TPSA) is 80.5 Å². The lowest BCUT2D eigenvalue weighted by molar-refractivity contribution is -0.384. The highest BCUT2D eigenvalue weighted by Gasteiger charge is 2.21. The molecule has 0 N–H and O–H groups in total. The summed E-state index contributed by atoms with van der Waals surface area (Å²) in [5.41, 5.74) is 0.156. The van der Waals surface area contributed by atoms with Crippen molar-refractivity contribution >= 4 is 17.4 Å². The van der Waals surface area contributed by atoms with E-state index in [9.17, 15) is 19.7 Å². The number of non-ortho nitro benzene ring substituents is 1. The van der Waals surface area contributed by atoms with E-state index in [2.05, 4.69) is 0 Å². The van der Waals surface area contributed by atoms with Crippen LogP contribution in [0.25, 0.3) is 0 Å². The molecule has 1 aromatic rings. The maximum Gasteiger partial charge on any atom is 0.270 e. The zero-order chi connectivity index (χ0) is 13.8. The highest BCUT2D eigenvalue weighted by molar-refractivity contribution is 5.99. The van der Waals surface area contributed by atoms with Gasteiger partial charge in [-0.15, -0.1) is 0 Å². The largest absolute Gasteiger partial charge is 0.335 e. The normalized spacial score (nSPS) is 15.4. The molecule has 1 aliphatic rings. The van der Waals surface area contributed by atoms with Gasteiger partial charge >= 0.3 is 0 Å². The van der Waals surface area contributed by atoms with Crippen molar-refractivity contribution < 1.29 is 14.5 Å². The van der Waals surface area contributed by atoms with Gasteiger partial charge in [-0.05, 0) is 12.8 Å². The van der Waals surface area contributed by atoms with Crippen molar-refractivity contribution in [2.45, 2.75) is 19.3 Å². The average molecular weight is 262 g/mol. The van der Waals surface area contributed by atoms with Crippen LogP contribution < -0.4 is 0 Å².